The molecule has 0 aliphatic carbocycles. The van der Waals surface area contributed by atoms with Crippen molar-refractivity contribution in [1.29, 1.82) is 0 Å². The lowest BCUT2D eigenvalue weighted by atomic mass is 10.2. The first kappa shape index (κ1) is 13.7. The summed E-state index contributed by atoms with van der Waals surface area (Å²) in [6.45, 7) is 5.30. The molecule has 0 unspecified atom stereocenters. The smallest absolute Gasteiger partial charge is 0.258 e. The standard InChI is InChI=1S/C10H12F3NO2Si/c1-17(2,3)9-5-4-7(14(15)16)6-8(9)10(11,12)13/h4-6H,1-3H3. The SMILES string of the molecule is C[Si](C)(C)c1ccc([N+](=O)[O-])cc1C(F)(F)F. The van der Waals surface area contributed by atoms with Gasteiger partial charge in [0.1, 0.15) is 0 Å². The molecule has 0 heterocycles. The first-order chi connectivity index (χ1) is 7.53. The summed E-state index contributed by atoms with van der Waals surface area (Å²) >= 11 is 0. The Morgan fingerprint density at radius 2 is 1.76 bits per heavy atom. The van der Waals surface area contributed by atoms with Gasteiger partial charge < -0.3 is 0 Å². The zero-order valence-electron chi connectivity index (χ0n) is 9.63. The molecule has 0 fully saturated rings. The van der Waals surface area contributed by atoms with E-state index < -0.39 is 30.4 Å². The summed E-state index contributed by atoms with van der Waals surface area (Å²) in [6, 6.07) is 2.98. The maximum Gasteiger partial charge on any atom is 0.416 e. The molecule has 0 spiro atoms. The van der Waals surface area contributed by atoms with Crippen molar-refractivity contribution in [3.05, 3.63) is 33.9 Å². The van der Waals surface area contributed by atoms with Crippen molar-refractivity contribution in [2.45, 2.75) is 25.8 Å². The van der Waals surface area contributed by atoms with E-state index in [1.165, 1.54) is 6.07 Å². The van der Waals surface area contributed by atoms with E-state index in [1.54, 1.807) is 19.6 Å². The highest BCUT2D eigenvalue weighted by molar-refractivity contribution is 6.89. The predicted octanol–water partition coefficient (Wildman–Crippen LogP) is 3.16. The summed E-state index contributed by atoms with van der Waals surface area (Å²) in [4.78, 5) is 9.67. The van der Waals surface area contributed by atoms with Gasteiger partial charge in [0.25, 0.3) is 5.69 Å². The Labute approximate surface area is 97.4 Å². The van der Waals surface area contributed by atoms with E-state index in [4.69, 9.17) is 0 Å². The van der Waals surface area contributed by atoms with Gasteiger partial charge in [0, 0.05) is 12.1 Å². The Morgan fingerprint density at radius 3 is 2.12 bits per heavy atom. The van der Waals surface area contributed by atoms with E-state index in [1.807, 2.05) is 0 Å². The minimum Gasteiger partial charge on any atom is -0.258 e. The summed E-state index contributed by atoms with van der Waals surface area (Å²) in [5.74, 6) is 0. The molecule has 0 atom stereocenters. The second kappa shape index (κ2) is 4.14. The number of nitrogens with zero attached hydrogens (tertiary/aromatic N) is 1. The summed E-state index contributed by atoms with van der Waals surface area (Å²) in [7, 11) is -2.19. The van der Waals surface area contributed by atoms with Gasteiger partial charge in [0.05, 0.1) is 18.6 Å². The van der Waals surface area contributed by atoms with Crippen LogP contribution < -0.4 is 5.19 Å². The zero-order chi connectivity index (χ0) is 13.4. The number of alkyl halides is 3. The third-order valence-corrected chi connectivity index (χ3v) is 4.38. The topological polar surface area (TPSA) is 43.1 Å². The molecule has 1 aromatic rings. The van der Waals surface area contributed by atoms with E-state index in [-0.39, 0.29) is 5.19 Å². The lowest BCUT2D eigenvalue weighted by molar-refractivity contribution is -0.385. The van der Waals surface area contributed by atoms with Gasteiger partial charge in [-0.3, -0.25) is 10.1 Å². The molecular formula is C10H12F3NO2Si. The van der Waals surface area contributed by atoms with Crippen LogP contribution in [0.25, 0.3) is 0 Å². The van der Waals surface area contributed by atoms with Crippen LogP contribution in [0.1, 0.15) is 5.56 Å². The fourth-order valence-electron chi connectivity index (χ4n) is 1.53. The number of rotatable bonds is 2. The highest BCUT2D eigenvalue weighted by atomic mass is 28.3. The zero-order valence-corrected chi connectivity index (χ0v) is 10.6. The Hall–Kier alpha value is -1.37. The van der Waals surface area contributed by atoms with Crippen LogP contribution in [0.4, 0.5) is 18.9 Å². The van der Waals surface area contributed by atoms with Crippen LogP contribution in [0.2, 0.25) is 19.6 Å². The summed E-state index contributed by atoms with van der Waals surface area (Å²) in [6.07, 6.45) is -4.55. The van der Waals surface area contributed by atoms with E-state index in [0.717, 1.165) is 6.07 Å². The highest BCUT2D eigenvalue weighted by Gasteiger charge is 2.38. The molecular weight excluding hydrogens is 251 g/mol. The molecule has 0 saturated carbocycles. The van der Waals surface area contributed by atoms with Crippen molar-refractivity contribution in [2.24, 2.45) is 0 Å². The van der Waals surface area contributed by atoms with Crippen molar-refractivity contribution in [2.75, 3.05) is 0 Å². The fraction of sp³-hybridized carbons (Fsp3) is 0.400. The van der Waals surface area contributed by atoms with Crippen LogP contribution in [0.3, 0.4) is 0 Å². The maximum absolute atomic E-state index is 12.8. The molecule has 1 aromatic carbocycles. The van der Waals surface area contributed by atoms with Gasteiger partial charge in [0.2, 0.25) is 0 Å². The van der Waals surface area contributed by atoms with Crippen LogP contribution in [0.15, 0.2) is 18.2 Å². The Morgan fingerprint density at radius 1 is 1.24 bits per heavy atom. The van der Waals surface area contributed by atoms with E-state index in [2.05, 4.69) is 0 Å². The Bertz CT molecular complexity index is 452. The predicted molar refractivity (Wildman–Crippen MR) is 61.1 cm³/mol. The Balaban J connectivity index is 3.49. The lowest BCUT2D eigenvalue weighted by Crippen LogP contribution is -2.42. The number of halogens is 3. The van der Waals surface area contributed by atoms with E-state index in [0.29, 0.717) is 6.07 Å². The van der Waals surface area contributed by atoms with Gasteiger partial charge in [-0.1, -0.05) is 25.7 Å². The summed E-state index contributed by atoms with van der Waals surface area (Å²) in [5, 5.41) is 10.7. The van der Waals surface area contributed by atoms with Gasteiger partial charge in [-0.25, -0.2) is 0 Å². The average molecular weight is 263 g/mol. The molecule has 0 aliphatic heterocycles. The number of non-ortho nitro benzene ring substituents is 1. The molecule has 0 aromatic heterocycles. The van der Waals surface area contributed by atoms with Crippen molar-refractivity contribution in [3.63, 3.8) is 0 Å². The van der Waals surface area contributed by atoms with Crippen LogP contribution in [0.5, 0.6) is 0 Å². The first-order valence-corrected chi connectivity index (χ1v) is 8.39. The molecule has 0 bridgehead atoms. The Kier molecular flexibility index (Phi) is 3.33. The third-order valence-electron chi connectivity index (χ3n) is 2.33. The van der Waals surface area contributed by atoms with Crippen molar-refractivity contribution in [1.82, 2.24) is 0 Å². The number of nitro groups is 1. The van der Waals surface area contributed by atoms with Gasteiger partial charge in [-0.15, -0.1) is 0 Å². The number of benzene rings is 1. The molecule has 0 radical (unpaired) electrons. The van der Waals surface area contributed by atoms with E-state index >= 15 is 0 Å². The monoisotopic (exact) mass is 263 g/mol. The van der Waals surface area contributed by atoms with Crippen LogP contribution in [0, 0.1) is 10.1 Å². The van der Waals surface area contributed by atoms with Gasteiger partial charge >= 0.3 is 6.18 Å². The minimum absolute atomic E-state index is 0.190. The summed E-state index contributed by atoms with van der Waals surface area (Å²) in [5.41, 5.74) is -1.41. The minimum atomic E-state index is -4.55. The molecule has 0 amide bonds. The maximum atomic E-state index is 12.8. The normalized spacial score (nSPS) is 12.6. The largest absolute Gasteiger partial charge is 0.416 e. The number of hydrogen-bond acceptors (Lipinski definition) is 2. The quantitative estimate of drug-likeness (QED) is 0.467. The molecule has 94 valence electrons. The molecule has 0 saturated heterocycles. The number of hydrogen-bond donors (Lipinski definition) is 0. The first-order valence-electron chi connectivity index (χ1n) is 4.89. The molecule has 0 aliphatic rings. The van der Waals surface area contributed by atoms with E-state index in [9.17, 15) is 23.3 Å². The molecule has 1 rings (SSSR count). The second-order valence-electron chi connectivity index (χ2n) is 4.73. The average Bonchev–Trinajstić information content (AvgIpc) is 2.14. The molecule has 0 N–H and O–H groups in total. The van der Waals surface area contributed by atoms with Gasteiger partial charge in [-0.2, -0.15) is 13.2 Å². The van der Waals surface area contributed by atoms with Crippen LogP contribution in [-0.4, -0.2) is 13.0 Å². The molecule has 17 heavy (non-hydrogen) atoms. The third kappa shape index (κ3) is 3.06. The van der Waals surface area contributed by atoms with Gasteiger partial charge in [0.15, 0.2) is 0 Å². The van der Waals surface area contributed by atoms with Crippen molar-refractivity contribution in [3.8, 4) is 0 Å². The highest BCUT2D eigenvalue weighted by Crippen LogP contribution is 2.31. The van der Waals surface area contributed by atoms with Crippen molar-refractivity contribution >= 4 is 18.9 Å². The van der Waals surface area contributed by atoms with Crippen LogP contribution in [-0.2, 0) is 6.18 Å². The molecule has 7 heteroatoms. The fourth-order valence-corrected chi connectivity index (χ4v) is 3.14. The number of nitro benzene ring substituents is 1. The second-order valence-corrected chi connectivity index (χ2v) is 9.77. The van der Waals surface area contributed by atoms with Gasteiger partial charge in [-0.05, 0) is 5.19 Å². The van der Waals surface area contributed by atoms with Crippen LogP contribution >= 0.6 is 0 Å². The lowest BCUT2D eigenvalue weighted by Gasteiger charge is -2.22. The summed E-state index contributed by atoms with van der Waals surface area (Å²) < 4.78 is 38.5. The van der Waals surface area contributed by atoms with Crippen molar-refractivity contribution < 1.29 is 18.1 Å². The molecule has 3 nitrogen and oxygen atoms in total.